The van der Waals surface area contributed by atoms with E-state index in [-0.39, 0.29) is 5.54 Å². The molecule has 2 aromatic heterocycles. The van der Waals surface area contributed by atoms with E-state index < -0.39 is 0 Å². The Hall–Kier alpha value is -1.36. The molecule has 0 spiro atoms. The minimum atomic E-state index is 0.0174. The van der Waals surface area contributed by atoms with E-state index in [1.165, 1.54) is 6.33 Å². The summed E-state index contributed by atoms with van der Waals surface area (Å²) in [6.45, 7) is 6.49. The van der Waals surface area contributed by atoms with Crippen molar-refractivity contribution in [3.63, 3.8) is 0 Å². The molecule has 92 valence electrons. The topological polar surface area (TPSA) is 46.3 Å². The zero-order valence-corrected chi connectivity index (χ0v) is 11.2. The minimum absolute atomic E-state index is 0.0174. The molecule has 5 nitrogen and oxygen atoms in total. The molecule has 0 radical (unpaired) electrons. The van der Waals surface area contributed by atoms with Crippen LogP contribution in [0.15, 0.2) is 12.4 Å². The minimum Gasteiger partial charge on any atom is -0.354 e. The van der Waals surface area contributed by atoms with E-state index in [0.717, 1.165) is 12.2 Å². The molecule has 0 aliphatic carbocycles. The molecule has 0 amide bonds. The first-order chi connectivity index (χ1) is 7.95. The van der Waals surface area contributed by atoms with Crippen LogP contribution in [0.1, 0.15) is 27.2 Å². The molecule has 0 unspecified atom stereocenters. The fourth-order valence-corrected chi connectivity index (χ4v) is 1.73. The molecule has 0 atom stereocenters. The predicted octanol–water partition coefficient (Wildman–Crippen LogP) is 2.40. The molecular weight excluding hydrogens is 238 g/mol. The van der Waals surface area contributed by atoms with Gasteiger partial charge in [-0.2, -0.15) is 19.6 Å². The average Bonchev–Trinajstić information content (AvgIpc) is 2.74. The summed E-state index contributed by atoms with van der Waals surface area (Å²) in [5, 5.41) is 4.60. The quantitative estimate of drug-likeness (QED) is 0.788. The monoisotopic (exact) mass is 253 g/mol. The Morgan fingerprint density at radius 3 is 2.82 bits per heavy atom. The maximum Gasteiger partial charge on any atom is 0.255 e. The SMILES string of the molecule is CCC(C)(C)N(C)c1cc(Cl)nc2ncnn12. The Bertz CT molecular complexity index is 534. The van der Waals surface area contributed by atoms with Crippen LogP contribution in [0.5, 0.6) is 0 Å². The van der Waals surface area contributed by atoms with Crippen LogP contribution in [-0.2, 0) is 0 Å². The molecule has 0 fully saturated rings. The van der Waals surface area contributed by atoms with Gasteiger partial charge in [-0.1, -0.05) is 18.5 Å². The normalized spacial score (nSPS) is 12.1. The van der Waals surface area contributed by atoms with Crippen LogP contribution < -0.4 is 4.90 Å². The lowest BCUT2D eigenvalue weighted by Crippen LogP contribution is -2.41. The van der Waals surface area contributed by atoms with E-state index >= 15 is 0 Å². The van der Waals surface area contributed by atoms with Crippen LogP contribution in [0.2, 0.25) is 5.15 Å². The predicted molar refractivity (Wildman–Crippen MR) is 68.6 cm³/mol. The standard InChI is InChI=1S/C11H16ClN5/c1-5-11(2,3)16(4)9-6-8(12)15-10-13-7-14-17(9)10/h6-7H,5H2,1-4H3. The van der Waals surface area contributed by atoms with Gasteiger partial charge < -0.3 is 4.90 Å². The third-order valence-electron chi connectivity index (χ3n) is 3.32. The molecule has 0 aliphatic heterocycles. The highest BCUT2D eigenvalue weighted by Gasteiger charge is 2.24. The third-order valence-corrected chi connectivity index (χ3v) is 3.51. The number of hydrogen-bond donors (Lipinski definition) is 0. The van der Waals surface area contributed by atoms with Crippen molar-refractivity contribution >= 4 is 23.2 Å². The molecule has 2 heterocycles. The number of fused-ring (bicyclic) bond motifs is 1. The van der Waals surface area contributed by atoms with Crippen LogP contribution >= 0.6 is 11.6 Å². The van der Waals surface area contributed by atoms with Crippen molar-refractivity contribution in [3.05, 3.63) is 17.5 Å². The van der Waals surface area contributed by atoms with Crippen molar-refractivity contribution < 1.29 is 0 Å². The van der Waals surface area contributed by atoms with Crippen LogP contribution in [0.3, 0.4) is 0 Å². The number of rotatable bonds is 3. The number of halogens is 1. The van der Waals surface area contributed by atoms with E-state index in [1.54, 1.807) is 10.6 Å². The second-order valence-electron chi connectivity index (χ2n) is 4.63. The molecule has 6 heteroatoms. The summed E-state index contributed by atoms with van der Waals surface area (Å²) >= 11 is 6.00. The van der Waals surface area contributed by atoms with Gasteiger partial charge in [0.1, 0.15) is 17.3 Å². The molecule has 0 N–H and O–H groups in total. The molecule has 0 bridgehead atoms. The molecule has 17 heavy (non-hydrogen) atoms. The summed E-state index contributed by atoms with van der Waals surface area (Å²) in [4.78, 5) is 10.3. The van der Waals surface area contributed by atoms with Gasteiger partial charge in [0.15, 0.2) is 0 Å². The van der Waals surface area contributed by atoms with E-state index in [1.807, 2.05) is 7.05 Å². The van der Waals surface area contributed by atoms with Gasteiger partial charge in [0.2, 0.25) is 0 Å². The maximum absolute atomic E-state index is 6.00. The first-order valence-electron chi connectivity index (χ1n) is 5.56. The van der Waals surface area contributed by atoms with Crippen molar-refractivity contribution in [2.45, 2.75) is 32.7 Å². The molecule has 0 saturated heterocycles. The van der Waals surface area contributed by atoms with Gasteiger partial charge in [0.05, 0.1) is 0 Å². The summed E-state index contributed by atoms with van der Waals surface area (Å²) in [7, 11) is 2.02. The molecule has 0 aromatic carbocycles. The fraction of sp³-hybridized carbons (Fsp3) is 0.545. The summed E-state index contributed by atoms with van der Waals surface area (Å²) in [5.74, 6) is 1.41. The van der Waals surface area contributed by atoms with Gasteiger partial charge in [-0.15, -0.1) is 0 Å². The largest absolute Gasteiger partial charge is 0.354 e. The Balaban J connectivity index is 2.58. The van der Waals surface area contributed by atoms with E-state index in [4.69, 9.17) is 11.6 Å². The zero-order chi connectivity index (χ0) is 12.6. The second-order valence-corrected chi connectivity index (χ2v) is 5.02. The highest BCUT2D eigenvalue weighted by molar-refractivity contribution is 6.29. The third kappa shape index (κ3) is 2.07. The number of anilines is 1. The van der Waals surface area contributed by atoms with Crippen LogP contribution in [0, 0.1) is 0 Å². The molecule has 2 aromatic rings. The first kappa shape index (κ1) is 12.1. The smallest absolute Gasteiger partial charge is 0.255 e. The summed E-state index contributed by atoms with van der Waals surface area (Å²) in [5.41, 5.74) is 0.0174. The van der Waals surface area contributed by atoms with Gasteiger partial charge in [0.25, 0.3) is 5.78 Å². The van der Waals surface area contributed by atoms with Crippen LogP contribution in [0.4, 0.5) is 5.82 Å². The van der Waals surface area contributed by atoms with Gasteiger partial charge in [-0.3, -0.25) is 0 Å². The molecule has 0 saturated carbocycles. The van der Waals surface area contributed by atoms with Gasteiger partial charge >= 0.3 is 0 Å². The average molecular weight is 254 g/mol. The lowest BCUT2D eigenvalue weighted by atomic mass is 10.0. The van der Waals surface area contributed by atoms with Gasteiger partial charge in [0, 0.05) is 18.7 Å². The summed E-state index contributed by atoms with van der Waals surface area (Å²) in [6, 6.07) is 1.81. The second kappa shape index (κ2) is 4.14. The van der Waals surface area contributed by atoms with Crippen molar-refractivity contribution in [1.82, 2.24) is 19.6 Å². The fourth-order valence-electron chi connectivity index (χ4n) is 1.55. The summed E-state index contributed by atoms with van der Waals surface area (Å²) < 4.78 is 1.70. The number of hydrogen-bond acceptors (Lipinski definition) is 4. The maximum atomic E-state index is 6.00. The highest BCUT2D eigenvalue weighted by atomic mass is 35.5. The van der Waals surface area contributed by atoms with Crippen molar-refractivity contribution in [3.8, 4) is 0 Å². The molecular formula is C11H16ClN5. The lowest BCUT2D eigenvalue weighted by molar-refractivity contribution is 0.464. The lowest BCUT2D eigenvalue weighted by Gasteiger charge is -2.36. The molecule has 0 aliphatic rings. The van der Waals surface area contributed by atoms with Crippen molar-refractivity contribution in [2.24, 2.45) is 0 Å². The van der Waals surface area contributed by atoms with Gasteiger partial charge in [-0.25, -0.2) is 0 Å². The molecule has 2 rings (SSSR count). The van der Waals surface area contributed by atoms with E-state index in [9.17, 15) is 0 Å². The summed E-state index contributed by atoms with van der Waals surface area (Å²) in [6.07, 6.45) is 2.49. The van der Waals surface area contributed by atoms with Gasteiger partial charge in [-0.05, 0) is 20.3 Å². The zero-order valence-electron chi connectivity index (χ0n) is 10.5. The highest BCUT2D eigenvalue weighted by Crippen LogP contribution is 2.26. The first-order valence-corrected chi connectivity index (χ1v) is 5.93. The Morgan fingerprint density at radius 1 is 1.47 bits per heavy atom. The van der Waals surface area contributed by atoms with E-state index in [0.29, 0.717) is 10.9 Å². The Labute approximate surface area is 105 Å². The number of aromatic nitrogens is 4. The van der Waals surface area contributed by atoms with Crippen LogP contribution in [0.25, 0.3) is 5.78 Å². The number of nitrogens with zero attached hydrogens (tertiary/aromatic N) is 5. The Kier molecular flexibility index (Phi) is 2.95. The van der Waals surface area contributed by atoms with Crippen molar-refractivity contribution in [2.75, 3.05) is 11.9 Å². The van der Waals surface area contributed by atoms with Crippen LogP contribution in [-0.4, -0.2) is 32.2 Å². The van der Waals surface area contributed by atoms with E-state index in [2.05, 4.69) is 40.7 Å². The van der Waals surface area contributed by atoms with Crippen molar-refractivity contribution in [1.29, 1.82) is 0 Å². The Morgan fingerprint density at radius 2 is 2.18 bits per heavy atom.